The number of aryl methyl sites for hydroxylation is 1. The van der Waals surface area contributed by atoms with Crippen molar-refractivity contribution in [2.75, 3.05) is 5.75 Å². The van der Waals surface area contributed by atoms with Crippen LogP contribution in [0.4, 0.5) is 4.39 Å². The summed E-state index contributed by atoms with van der Waals surface area (Å²) in [5, 5.41) is 0. The van der Waals surface area contributed by atoms with Crippen molar-refractivity contribution in [2.45, 2.75) is 32.6 Å². The van der Waals surface area contributed by atoms with Crippen molar-refractivity contribution in [3.05, 3.63) is 89.5 Å². The Bertz CT molecular complexity index is 1430. The standard InChI is InChI=1S/C26H26FN3O3S/c1-3-4-14-34(32,33)30-26(31)25(20-11-13-23-24(16-20)29-17(2)28-23)21-12-10-19(15-22(21)27)18-8-6-5-7-9-18/h5-13,15-16,25H,3-4,14H2,1-2H3,(H,28,29)(H,30,31). The van der Waals surface area contributed by atoms with Crippen LogP contribution in [0.15, 0.2) is 66.7 Å². The molecule has 6 nitrogen and oxygen atoms in total. The Hall–Kier alpha value is -3.52. The number of carbonyl (C=O) groups excluding carboxylic acids is 1. The topological polar surface area (TPSA) is 91.9 Å². The summed E-state index contributed by atoms with van der Waals surface area (Å²) in [5.74, 6) is -2.01. The van der Waals surface area contributed by atoms with E-state index in [9.17, 15) is 13.2 Å². The van der Waals surface area contributed by atoms with Gasteiger partial charge in [-0.15, -0.1) is 0 Å². The molecule has 34 heavy (non-hydrogen) atoms. The summed E-state index contributed by atoms with van der Waals surface area (Å²) in [5.41, 5.74) is 3.45. The lowest BCUT2D eigenvalue weighted by atomic mass is 9.89. The second-order valence-electron chi connectivity index (χ2n) is 8.27. The number of sulfonamides is 1. The highest BCUT2D eigenvalue weighted by molar-refractivity contribution is 7.90. The molecule has 176 valence electrons. The van der Waals surface area contributed by atoms with E-state index in [-0.39, 0.29) is 11.3 Å². The number of carbonyl (C=O) groups is 1. The van der Waals surface area contributed by atoms with E-state index in [0.29, 0.717) is 40.8 Å². The number of unbranched alkanes of at least 4 members (excludes halogenated alkanes) is 1. The molecular weight excluding hydrogens is 453 g/mol. The first-order chi connectivity index (χ1) is 16.3. The molecule has 4 rings (SSSR count). The van der Waals surface area contributed by atoms with Gasteiger partial charge in [-0.25, -0.2) is 17.8 Å². The number of halogens is 1. The fraction of sp³-hybridized carbons (Fsp3) is 0.231. The molecule has 0 saturated heterocycles. The van der Waals surface area contributed by atoms with Crippen LogP contribution in [-0.2, 0) is 14.8 Å². The van der Waals surface area contributed by atoms with Crippen molar-refractivity contribution in [3.8, 4) is 11.1 Å². The summed E-state index contributed by atoms with van der Waals surface area (Å²) in [6.45, 7) is 3.68. The van der Waals surface area contributed by atoms with Crippen LogP contribution in [0.1, 0.15) is 42.6 Å². The second kappa shape index (κ2) is 9.77. The quantitative estimate of drug-likeness (QED) is 0.370. The molecule has 2 N–H and O–H groups in total. The number of H-pyrrole nitrogens is 1. The minimum absolute atomic E-state index is 0.0958. The van der Waals surface area contributed by atoms with E-state index < -0.39 is 27.7 Å². The maximum atomic E-state index is 15.4. The zero-order chi connectivity index (χ0) is 24.3. The zero-order valence-corrected chi connectivity index (χ0v) is 19.8. The van der Waals surface area contributed by atoms with Crippen molar-refractivity contribution < 1.29 is 17.6 Å². The van der Waals surface area contributed by atoms with Crippen LogP contribution < -0.4 is 4.72 Å². The van der Waals surface area contributed by atoms with Crippen molar-refractivity contribution in [1.82, 2.24) is 14.7 Å². The molecule has 1 amide bonds. The summed E-state index contributed by atoms with van der Waals surface area (Å²) in [6, 6.07) is 19.1. The van der Waals surface area contributed by atoms with Crippen LogP contribution >= 0.6 is 0 Å². The van der Waals surface area contributed by atoms with E-state index in [0.717, 1.165) is 5.56 Å². The van der Waals surface area contributed by atoms with Crippen molar-refractivity contribution in [2.24, 2.45) is 0 Å². The van der Waals surface area contributed by atoms with Gasteiger partial charge in [0.05, 0.1) is 22.7 Å². The van der Waals surface area contributed by atoms with E-state index in [2.05, 4.69) is 14.7 Å². The van der Waals surface area contributed by atoms with E-state index in [1.165, 1.54) is 6.07 Å². The predicted molar refractivity (Wildman–Crippen MR) is 131 cm³/mol. The Kier molecular flexibility index (Phi) is 6.79. The monoisotopic (exact) mass is 479 g/mol. The number of amides is 1. The van der Waals surface area contributed by atoms with Gasteiger partial charge in [-0.3, -0.25) is 9.52 Å². The summed E-state index contributed by atoms with van der Waals surface area (Å²) in [6.07, 6.45) is 1.09. The molecule has 1 unspecified atom stereocenters. The number of benzene rings is 3. The number of hydrogen-bond acceptors (Lipinski definition) is 4. The molecule has 0 aliphatic heterocycles. The van der Waals surface area contributed by atoms with Gasteiger partial charge in [-0.1, -0.05) is 61.9 Å². The number of aromatic nitrogens is 2. The largest absolute Gasteiger partial charge is 0.342 e. The first-order valence-corrected chi connectivity index (χ1v) is 12.8. The number of imidazole rings is 1. The first-order valence-electron chi connectivity index (χ1n) is 11.1. The van der Waals surface area contributed by atoms with Gasteiger partial charge in [0.15, 0.2) is 0 Å². The Balaban J connectivity index is 1.77. The Morgan fingerprint density at radius 3 is 2.53 bits per heavy atom. The molecule has 0 spiro atoms. The van der Waals surface area contributed by atoms with Gasteiger partial charge in [-0.2, -0.15) is 0 Å². The predicted octanol–water partition coefficient (Wildman–Crippen LogP) is 5.06. The van der Waals surface area contributed by atoms with Crippen LogP contribution in [0.2, 0.25) is 0 Å². The normalized spacial score (nSPS) is 12.6. The molecular formula is C26H26FN3O3S. The van der Waals surface area contributed by atoms with Gasteiger partial charge in [0.1, 0.15) is 11.6 Å². The maximum absolute atomic E-state index is 15.4. The lowest BCUT2D eigenvalue weighted by molar-refractivity contribution is -0.120. The molecule has 0 fully saturated rings. The minimum Gasteiger partial charge on any atom is -0.342 e. The molecule has 0 aliphatic carbocycles. The van der Waals surface area contributed by atoms with Crippen LogP contribution in [-0.4, -0.2) is 30.0 Å². The fourth-order valence-corrected chi connectivity index (χ4v) is 5.17. The maximum Gasteiger partial charge on any atom is 0.245 e. The highest BCUT2D eigenvalue weighted by Crippen LogP contribution is 2.32. The van der Waals surface area contributed by atoms with Crippen molar-refractivity contribution >= 4 is 27.0 Å². The van der Waals surface area contributed by atoms with Gasteiger partial charge >= 0.3 is 0 Å². The summed E-state index contributed by atoms with van der Waals surface area (Å²) < 4.78 is 42.5. The lowest BCUT2D eigenvalue weighted by Gasteiger charge is -2.19. The zero-order valence-electron chi connectivity index (χ0n) is 19.0. The number of rotatable bonds is 8. The van der Waals surface area contributed by atoms with E-state index in [1.807, 2.05) is 44.2 Å². The second-order valence-corrected chi connectivity index (χ2v) is 10.1. The average molecular weight is 480 g/mol. The molecule has 4 aromatic rings. The molecule has 0 bridgehead atoms. The third-order valence-electron chi connectivity index (χ3n) is 5.66. The lowest BCUT2D eigenvalue weighted by Crippen LogP contribution is -2.37. The molecule has 0 aliphatic rings. The highest BCUT2D eigenvalue weighted by Gasteiger charge is 2.29. The SMILES string of the molecule is CCCCS(=O)(=O)NC(=O)C(c1ccc2nc(C)[nH]c2c1)c1ccc(-c2ccccc2)cc1F. The summed E-state index contributed by atoms with van der Waals surface area (Å²) >= 11 is 0. The van der Waals surface area contributed by atoms with E-state index in [1.54, 1.807) is 30.3 Å². The third-order valence-corrected chi connectivity index (χ3v) is 7.00. The Morgan fingerprint density at radius 1 is 1.06 bits per heavy atom. The van der Waals surface area contributed by atoms with Crippen LogP contribution in [0, 0.1) is 12.7 Å². The Labute approximate surface area is 198 Å². The number of fused-ring (bicyclic) bond motifs is 1. The van der Waals surface area contributed by atoms with E-state index in [4.69, 9.17) is 0 Å². The molecule has 1 aromatic heterocycles. The smallest absolute Gasteiger partial charge is 0.245 e. The van der Waals surface area contributed by atoms with Gasteiger partial charge < -0.3 is 4.98 Å². The number of nitrogens with one attached hydrogen (secondary N) is 2. The van der Waals surface area contributed by atoms with Crippen molar-refractivity contribution in [1.29, 1.82) is 0 Å². The fourth-order valence-electron chi connectivity index (χ4n) is 3.98. The Morgan fingerprint density at radius 2 is 1.82 bits per heavy atom. The van der Waals surface area contributed by atoms with Gasteiger partial charge in [0, 0.05) is 5.56 Å². The molecule has 1 atom stereocenters. The van der Waals surface area contributed by atoms with Gasteiger partial charge in [0.25, 0.3) is 0 Å². The van der Waals surface area contributed by atoms with Crippen molar-refractivity contribution in [3.63, 3.8) is 0 Å². The van der Waals surface area contributed by atoms with Gasteiger partial charge in [-0.05, 0) is 48.2 Å². The van der Waals surface area contributed by atoms with Gasteiger partial charge in [0.2, 0.25) is 15.9 Å². The molecule has 0 radical (unpaired) electrons. The molecule has 1 heterocycles. The minimum atomic E-state index is -3.85. The third kappa shape index (κ3) is 5.17. The molecule has 3 aromatic carbocycles. The molecule has 0 saturated carbocycles. The number of aromatic amines is 1. The van der Waals surface area contributed by atoms with Crippen LogP contribution in [0.3, 0.4) is 0 Å². The van der Waals surface area contributed by atoms with Crippen LogP contribution in [0.5, 0.6) is 0 Å². The number of hydrogen-bond donors (Lipinski definition) is 2. The van der Waals surface area contributed by atoms with Crippen LogP contribution in [0.25, 0.3) is 22.2 Å². The van der Waals surface area contributed by atoms with E-state index >= 15 is 4.39 Å². The summed E-state index contributed by atoms with van der Waals surface area (Å²) in [4.78, 5) is 20.8. The molecule has 8 heteroatoms. The highest BCUT2D eigenvalue weighted by atomic mass is 32.2. The summed E-state index contributed by atoms with van der Waals surface area (Å²) in [7, 11) is -3.85. The number of nitrogens with zero attached hydrogens (tertiary/aromatic N) is 1. The first kappa shape index (κ1) is 23.6. The average Bonchev–Trinajstić information content (AvgIpc) is 3.18.